The maximum atomic E-state index is 11.7. The first-order valence-electron chi connectivity index (χ1n) is 5.37. The molecule has 92 valence electrons. The van der Waals surface area contributed by atoms with E-state index in [-0.39, 0.29) is 11.7 Å². The van der Waals surface area contributed by atoms with Crippen molar-refractivity contribution in [2.24, 2.45) is 5.84 Å². The largest absolute Gasteiger partial charge is 0.508 e. The standard InChI is InChI=1S/C13H18N2O2/c1-13(2,3)15(14)12(17)9-6-10-4-7-11(16)8-5-10/h4-9,16H,14H2,1-3H3/b9-6+. The van der Waals surface area contributed by atoms with Crippen molar-refractivity contribution < 1.29 is 9.90 Å². The van der Waals surface area contributed by atoms with Crippen LogP contribution in [0.25, 0.3) is 6.08 Å². The first-order valence-corrected chi connectivity index (χ1v) is 5.37. The number of aromatic hydroxyl groups is 1. The fraction of sp³-hybridized carbons (Fsp3) is 0.308. The van der Waals surface area contributed by atoms with Crippen LogP contribution in [0.5, 0.6) is 5.75 Å². The smallest absolute Gasteiger partial charge is 0.260 e. The molecule has 1 aromatic rings. The first kappa shape index (κ1) is 13.3. The molecule has 0 aliphatic rings. The maximum absolute atomic E-state index is 11.7. The number of amides is 1. The predicted molar refractivity (Wildman–Crippen MR) is 67.9 cm³/mol. The minimum absolute atomic E-state index is 0.198. The molecule has 0 aliphatic carbocycles. The second-order valence-electron chi connectivity index (χ2n) is 4.80. The number of carbonyl (C=O) groups is 1. The van der Waals surface area contributed by atoms with Crippen LogP contribution in [0.2, 0.25) is 0 Å². The van der Waals surface area contributed by atoms with Gasteiger partial charge in [-0.3, -0.25) is 9.80 Å². The number of nitrogens with two attached hydrogens (primary N) is 1. The van der Waals surface area contributed by atoms with Crippen LogP contribution in [0.4, 0.5) is 0 Å². The van der Waals surface area contributed by atoms with Crippen molar-refractivity contribution >= 4 is 12.0 Å². The molecule has 0 aliphatic heterocycles. The molecular weight excluding hydrogens is 216 g/mol. The van der Waals surface area contributed by atoms with E-state index in [1.165, 1.54) is 11.1 Å². The highest BCUT2D eigenvalue weighted by molar-refractivity contribution is 5.91. The zero-order valence-electron chi connectivity index (χ0n) is 10.3. The van der Waals surface area contributed by atoms with Crippen molar-refractivity contribution in [3.05, 3.63) is 35.9 Å². The fourth-order valence-corrected chi connectivity index (χ4v) is 1.16. The highest BCUT2D eigenvalue weighted by Crippen LogP contribution is 2.12. The van der Waals surface area contributed by atoms with Crippen LogP contribution in [0, 0.1) is 0 Å². The third-order valence-electron chi connectivity index (χ3n) is 2.27. The molecule has 0 radical (unpaired) electrons. The molecule has 4 nitrogen and oxygen atoms in total. The van der Waals surface area contributed by atoms with Crippen molar-refractivity contribution in [2.75, 3.05) is 0 Å². The second-order valence-corrected chi connectivity index (χ2v) is 4.80. The van der Waals surface area contributed by atoms with Crippen LogP contribution >= 0.6 is 0 Å². The topological polar surface area (TPSA) is 66.6 Å². The van der Waals surface area contributed by atoms with E-state index in [9.17, 15) is 4.79 Å². The van der Waals surface area contributed by atoms with Crippen LogP contribution in [-0.2, 0) is 4.79 Å². The van der Waals surface area contributed by atoms with E-state index in [1.807, 2.05) is 20.8 Å². The van der Waals surface area contributed by atoms with E-state index in [0.29, 0.717) is 0 Å². The Hall–Kier alpha value is -1.81. The molecule has 0 heterocycles. The molecule has 0 saturated carbocycles. The number of phenols is 1. The van der Waals surface area contributed by atoms with Gasteiger partial charge in [0.15, 0.2) is 0 Å². The summed E-state index contributed by atoms with van der Waals surface area (Å²) in [6.45, 7) is 5.58. The summed E-state index contributed by atoms with van der Waals surface area (Å²) in [5, 5.41) is 10.3. The van der Waals surface area contributed by atoms with Crippen LogP contribution in [0.1, 0.15) is 26.3 Å². The van der Waals surface area contributed by atoms with E-state index >= 15 is 0 Å². The minimum Gasteiger partial charge on any atom is -0.508 e. The lowest BCUT2D eigenvalue weighted by atomic mass is 10.1. The molecule has 1 amide bonds. The fourth-order valence-electron chi connectivity index (χ4n) is 1.16. The van der Waals surface area contributed by atoms with E-state index in [0.717, 1.165) is 5.56 Å². The van der Waals surface area contributed by atoms with Crippen molar-refractivity contribution in [1.29, 1.82) is 0 Å². The lowest BCUT2D eigenvalue weighted by Gasteiger charge is -2.29. The number of benzene rings is 1. The van der Waals surface area contributed by atoms with Gasteiger partial charge in [-0.2, -0.15) is 0 Å². The number of hydrogen-bond donors (Lipinski definition) is 2. The second kappa shape index (κ2) is 5.01. The normalized spacial score (nSPS) is 11.8. The molecular formula is C13H18N2O2. The Kier molecular flexibility index (Phi) is 3.91. The first-order chi connectivity index (χ1) is 7.80. The monoisotopic (exact) mass is 234 g/mol. The van der Waals surface area contributed by atoms with Crippen molar-refractivity contribution in [3.63, 3.8) is 0 Å². The molecule has 1 rings (SSSR count). The number of phenolic OH excluding ortho intramolecular Hbond substituents is 1. The van der Waals surface area contributed by atoms with E-state index < -0.39 is 5.54 Å². The highest BCUT2D eigenvalue weighted by atomic mass is 16.3. The summed E-state index contributed by atoms with van der Waals surface area (Å²) in [4.78, 5) is 11.7. The van der Waals surface area contributed by atoms with Crippen molar-refractivity contribution in [3.8, 4) is 5.75 Å². The van der Waals surface area contributed by atoms with Crippen LogP contribution in [0.3, 0.4) is 0 Å². The predicted octanol–water partition coefficient (Wildman–Crippen LogP) is 1.91. The Morgan fingerprint density at radius 3 is 2.29 bits per heavy atom. The average molecular weight is 234 g/mol. The minimum atomic E-state index is -0.406. The Morgan fingerprint density at radius 2 is 1.82 bits per heavy atom. The number of carbonyl (C=O) groups excluding carboxylic acids is 1. The van der Waals surface area contributed by atoms with Gasteiger partial charge in [-0.1, -0.05) is 12.1 Å². The summed E-state index contributed by atoms with van der Waals surface area (Å²) >= 11 is 0. The molecule has 0 aromatic heterocycles. The van der Waals surface area contributed by atoms with Gasteiger partial charge < -0.3 is 5.11 Å². The van der Waals surface area contributed by atoms with E-state index in [1.54, 1.807) is 30.3 Å². The number of hydrazine groups is 1. The molecule has 0 fully saturated rings. The van der Waals surface area contributed by atoms with Crippen molar-refractivity contribution in [2.45, 2.75) is 26.3 Å². The lowest BCUT2D eigenvalue weighted by Crippen LogP contribution is -2.49. The number of rotatable bonds is 2. The van der Waals surface area contributed by atoms with Gasteiger partial charge in [-0.05, 0) is 44.5 Å². The average Bonchev–Trinajstić information content (AvgIpc) is 2.25. The SMILES string of the molecule is CC(C)(C)N(N)C(=O)/C=C/c1ccc(O)cc1. The molecule has 1 aromatic carbocycles. The molecule has 0 saturated heterocycles. The number of hydrogen-bond acceptors (Lipinski definition) is 3. The molecule has 0 unspecified atom stereocenters. The Balaban J connectivity index is 2.72. The van der Waals surface area contributed by atoms with Gasteiger partial charge in [-0.15, -0.1) is 0 Å². The van der Waals surface area contributed by atoms with E-state index in [2.05, 4.69) is 0 Å². The quantitative estimate of drug-likeness (QED) is 0.355. The molecule has 17 heavy (non-hydrogen) atoms. The Bertz CT molecular complexity index is 416. The van der Waals surface area contributed by atoms with Gasteiger partial charge in [0, 0.05) is 6.08 Å². The third kappa shape index (κ3) is 3.92. The summed E-state index contributed by atoms with van der Waals surface area (Å²) in [5.74, 6) is 5.61. The van der Waals surface area contributed by atoms with Gasteiger partial charge in [0.2, 0.25) is 0 Å². The Morgan fingerprint density at radius 1 is 1.29 bits per heavy atom. The molecule has 0 bridgehead atoms. The summed E-state index contributed by atoms with van der Waals surface area (Å²) in [7, 11) is 0. The summed E-state index contributed by atoms with van der Waals surface area (Å²) in [6.07, 6.45) is 3.07. The summed E-state index contributed by atoms with van der Waals surface area (Å²) in [6, 6.07) is 6.57. The van der Waals surface area contributed by atoms with Gasteiger partial charge >= 0.3 is 0 Å². The molecule has 0 spiro atoms. The summed E-state index contributed by atoms with van der Waals surface area (Å²) < 4.78 is 0. The van der Waals surface area contributed by atoms with Gasteiger partial charge in [0.05, 0.1) is 5.54 Å². The lowest BCUT2D eigenvalue weighted by molar-refractivity contribution is -0.130. The zero-order valence-corrected chi connectivity index (χ0v) is 10.3. The molecule has 0 atom stereocenters. The molecule has 3 N–H and O–H groups in total. The third-order valence-corrected chi connectivity index (χ3v) is 2.27. The van der Waals surface area contributed by atoms with E-state index in [4.69, 9.17) is 10.9 Å². The van der Waals surface area contributed by atoms with Crippen LogP contribution < -0.4 is 5.84 Å². The van der Waals surface area contributed by atoms with Gasteiger partial charge in [-0.25, -0.2) is 5.84 Å². The highest BCUT2D eigenvalue weighted by Gasteiger charge is 2.21. The van der Waals surface area contributed by atoms with Crippen LogP contribution in [0.15, 0.2) is 30.3 Å². The van der Waals surface area contributed by atoms with Crippen molar-refractivity contribution in [1.82, 2.24) is 5.01 Å². The Labute approximate surface area is 101 Å². The molecule has 4 heteroatoms. The maximum Gasteiger partial charge on any atom is 0.260 e. The van der Waals surface area contributed by atoms with Gasteiger partial charge in [0.1, 0.15) is 5.75 Å². The summed E-state index contributed by atoms with van der Waals surface area (Å²) in [5.41, 5.74) is 0.426. The van der Waals surface area contributed by atoms with Gasteiger partial charge in [0.25, 0.3) is 5.91 Å². The van der Waals surface area contributed by atoms with Crippen LogP contribution in [-0.4, -0.2) is 21.6 Å². The zero-order chi connectivity index (χ0) is 13.1. The number of nitrogens with zero attached hydrogens (tertiary/aromatic N) is 1.